The molecule has 1 aromatic heterocycles. The third kappa shape index (κ3) is 5.51. The number of rotatable bonds is 3. The molecule has 0 amide bonds. The number of phenolic OH excluding ortho intramolecular Hbond substituents is 1. The molecule has 3 aromatic carbocycles. The summed E-state index contributed by atoms with van der Waals surface area (Å²) in [6.07, 6.45) is 0. The quantitative estimate of drug-likeness (QED) is 0.405. The number of aromatic hydroxyl groups is 1. The van der Waals surface area contributed by atoms with Crippen molar-refractivity contribution in [3.8, 4) is 39.9 Å². The van der Waals surface area contributed by atoms with E-state index in [4.69, 9.17) is 0 Å². The van der Waals surface area contributed by atoms with E-state index in [0.717, 1.165) is 16.7 Å². The fourth-order valence-corrected chi connectivity index (χ4v) is 2.76. The van der Waals surface area contributed by atoms with Gasteiger partial charge in [-0.15, -0.1) is 0 Å². The van der Waals surface area contributed by atoms with Crippen LogP contribution in [0.4, 0.5) is 0 Å². The third-order valence-corrected chi connectivity index (χ3v) is 4.09. The van der Waals surface area contributed by atoms with E-state index in [-0.39, 0.29) is 5.75 Å². The van der Waals surface area contributed by atoms with Crippen LogP contribution in [0.15, 0.2) is 78.9 Å². The molecule has 4 heteroatoms. The fourth-order valence-electron chi connectivity index (χ4n) is 2.76. The highest BCUT2D eigenvalue weighted by Gasteiger charge is 2.14. The molecule has 4 aromatic rings. The lowest BCUT2D eigenvalue weighted by atomic mass is 10.1. The fraction of sp³-hybridized carbons (Fsp3) is 0.192. The Balaban J connectivity index is 0.000000757. The molecule has 0 radical (unpaired) electrons. The number of hydrogen-bond acceptors (Lipinski definition) is 4. The van der Waals surface area contributed by atoms with Gasteiger partial charge in [0.05, 0.1) is 5.56 Å². The van der Waals surface area contributed by atoms with Crippen LogP contribution < -0.4 is 0 Å². The SMILES string of the molecule is CC.CC.Cc1ccc(-c2nc(-c3ccccc3)nc(-c3ccccc3)n2)c(O)c1. The zero-order valence-electron chi connectivity index (χ0n) is 18.3. The molecule has 0 unspecified atom stereocenters. The van der Waals surface area contributed by atoms with E-state index in [2.05, 4.69) is 15.0 Å². The first-order chi connectivity index (χ1) is 14.7. The number of hydrogen-bond donors (Lipinski definition) is 1. The minimum absolute atomic E-state index is 0.161. The zero-order valence-corrected chi connectivity index (χ0v) is 18.3. The molecule has 154 valence electrons. The van der Waals surface area contributed by atoms with Crippen LogP contribution in [-0.4, -0.2) is 20.1 Å². The first kappa shape index (κ1) is 22.8. The second-order valence-corrected chi connectivity index (χ2v) is 6.06. The predicted octanol–water partition coefficient (Wildman–Crippen LogP) is 6.94. The lowest BCUT2D eigenvalue weighted by molar-refractivity contribution is 0.476. The Hall–Kier alpha value is -3.53. The van der Waals surface area contributed by atoms with Gasteiger partial charge in [0, 0.05) is 11.1 Å². The van der Waals surface area contributed by atoms with Crippen LogP contribution in [0.3, 0.4) is 0 Å². The number of benzene rings is 3. The molecule has 0 fully saturated rings. The lowest BCUT2D eigenvalue weighted by Crippen LogP contribution is -2.00. The van der Waals surface area contributed by atoms with Crippen molar-refractivity contribution >= 4 is 0 Å². The monoisotopic (exact) mass is 399 g/mol. The summed E-state index contributed by atoms with van der Waals surface area (Å²) in [4.78, 5) is 13.9. The molecule has 0 atom stereocenters. The van der Waals surface area contributed by atoms with Gasteiger partial charge in [-0.25, -0.2) is 15.0 Å². The van der Waals surface area contributed by atoms with E-state index in [1.807, 2.05) is 107 Å². The Kier molecular flexibility index (Phi) is 8.70. The summed E-state index contributed by atoms with van der Waals surface area (Å²) in [6.45, 7) is 9.93. The summed E-state index contributed by atoms with van der Waals surface area (Å²) in [5.41, 5.74) is 3.37. The van der Waals surface area contributed by atoms with Crippen molar-refractivity contribution in [1.29, 1.82) is 0 Å². The average molecular weight is 400 g/mol. The van der Waals surface area contributed by atoms with Crippen LogP contribution >= 0.6 is 0 Å². The van der Waals surface area contributed by atoms with Crippen molar-refractivity contribution in [2.45, 2.75) is 34.6 Å². The molecule has 30 heavy (non-hydrogen) atoms. The number of aromatic nitrogens is 3. The van der Waals surface area contributed by atoms with Crippen LogP contribution in [0.1, 0.15) is 33.3 Å². The highest BCUT2D eigenvalue weighted by atomic mass is 16.3. The minimum Gasteiger partial charge on any atom is -0.507 e. The predicted molar refractivity (Wildman–Crippen MR) is 125 cm³/mol. The molecule has 0 aliphatic carbocycles. The maximum absolute atomic E-state index is 10.4. The van der Waals surface area contributed by atoms with Gasteiger partial charge in [-0.05, 0) is 24.6 Å². The summed E-state index contributed by atoms with van der Waals surface area (Å²) in [7, 11) is 0. The van der Waals surface area contributed by atoms with E-state index < -0.39 is 0 Å². The average Bonchev–Trinajstić information content (AvgIpc) is 2.82. The van der Waals surface area contributed by atoms with Gasteiger partial charge >= 0.3 is 0 Å². The second-order valence-electron chi connectivity index (χ2n) is 6.06. The van der Waals surface area contributed by atoms with Crippen LogP contribution in [0.2, 0.25) is 0 Å². The maximum Gasteiger partial charge on any atom is 0.167 e. The molecule has 0 bridgehead atoms. The largest absolute Gasteiger partial charge is 0.507 e. The van der Waals surface area contributed by atoms with Gasteiger partial charge in [0.1, 0.15) is 5.75 Å². The van der Waals surface area contributed by atoms with Crippen molar-refractivity contribution in [2.24, 2.45) is 0 Å². The van der Waals surface area contributed by atoms with E-state index in [0.29, 0.717) is 23.0 Å². The summed E-state index contributed by atoms with van der Waals surface area (Å²) < 4.78 is 0. The van der Waals surface area contributed by atoms with E-state index in [1.54, 1.807) is 6.07 Å². The molecule has 0 saturated heterocycles. The van der Waals surface area contributed by atoms with Gasteiger partial charge in [0.2, 0.25) is 0 Å². The van der Waals surface area contributed by atoms with Gasteiger partial charge < -0.3 is 5.11 Å². The van der Waals surface area contributed by atoms with Crippen molar-refractivity contribution in [2.75, 3.05) is 0 Å². The molecular weight excluding hydrogens is 370 g/mol. The summed E-state index contributed by atoms with van der Waals surface area (Å²) in [5, 5.41) is 10.4. The van der Waals surface area contributed by atoms with Gasteiger partial charge in [0.25, 0.3) is 0 Å². The summed E-state index contributed by atoms with van der Waals surface area (Å²) in [6, 6.07) is 25.0. The van der Waals surface area contributed by atoms with Crippen molar-refractivity contribution in [1.82, 2.24) is 15.0 Å². The Morgan fingerprint density at radius 2 is 1.00 bits per heavy atom. The van der Waals surface area contributed by atoms with Crippen LogP contribution in [0, 0.1) is 6.92 Å². The van der Waals surface area contributed by atoms with Crippen LogP contribution in [-0.2, 0) is 0 Å². The zero-order chi connectivity index (χ0) is 21.9. The van der Waals surface area contributed by atoms with Crippen molar-refractivity contribution in [3.05, 3.63) is 84.4 Å². The molecular formula is C26H29N3O. The Morgan fingerprint density at radius 1 is 0.567 bits per heavy atom. The number of phenols is 1. The van der Waals surface area contributed by atoms with E-state index in [9.17, 15) is 5.11 Å². The van der Waals surface area contributed by atoms with Crippen molar-refractivity contribution < 1.29 is 5.11 Å². The molecule has 0 saturated carbocycles. The Bertz CT molecular complexity index is 991. The number of nitrogens with zero attached hydrogens (tertiary/aromatic N) is 3. The molecule has 4 nitrogen and oxygen atoms in total. The van der Waals surface area contributed by atoms with E-state index >= 15 is 0 Å². The number of aryl methyl sites for hydroxylation is 1. The molecule has 0 aliphatic rings. The Labute approximate surface area is 179 Å². The lowest BCUT2D eigenvalue weighted by Gasteiger charge is -2.09. The molecule has 1 heterocycles. The summed E-state index contributed by atoms with van der Waals surface area (Å²) in [5.74, 6) is 1.77. The molecule has 4 rings (SSSR count). The van der Waals surface area contributed by atoms with Gasteiger partial charge in [-0.1, -0.05) is 94.4 Å². The molecule has 0 aliphatic heterocycles. The molecule has 0 spiro atoms. The van der Waals surface area contributed by atoms with Crippen molar-refractivity contribution in [3.63, 3.8) is 0 Å². The summed E-state index contributed by atoms with van der Waals surface area (Å²) >= 11 is 0. The van der Waals surface area contributed by atoms with Crippen LogP contribution in [0.25, 0.3) is 34.2 Å². The third-order valence-electron chi connectivity index (χ3n) is 4.09. The maximum atomic E-state index is 10.4. The highest BCUT2D eigenvalue weighted by molar-refractivity contribution is 5.69. The van der Waals surface area contributed by atoms with E-state index in [1.165, 1.54) is 0 Å². The Morgan fingerprint density at radius 3 is 1.43 bits per heavy atom. The first-order valence-electron chi connectivity index (χ1n) is 10.4. The smallest absolute Gasteiger partial charge is 0.167 e. The first-order valence-corrected chi connectivity index (χ1v) is 10.4. The van der Waals surface area contributed by atoms with Gasteiger partial charge in [0.15, 0.2) is 17.5 Å². The molecule has 1 N–H and O–H groups in total. The van der Waals surface area contributed by atoms with Crippen LogP contribution in [0.5, 0.6) is 5.75 Å². The second kappa shape index (κ2) is 11.5. The normalized spacial score (nSPS) is 9.63. The topological polar surface area (TPSA) is 58.9 Å². The van der Waals surface area contributed by atoms with Gasteiger partial charge in [-0.3, -0.25) is 0 Å². The standard InChI is InChI=1S/C22H17N3O.2C2H6/c1-15-12-13-18(19(26)14-15)22-24-20(16-8-4-2-5-9-16)23-21(25-22)17-10-6-3-7-11-17;2*1-2/h2-14,26H,1H3;2*1-2H3. The minimum atomic E-state index is 0.161. The highest BCUT2D eigenvalue weighted by Crippen LogP contribution is 2.30. The van der Waals surface area contributed by atoms with Gasteiger partial charge in [-0.2, -0.15) is 0 Å².